The van der Waals surface area contributed by atoms with E-state index in [9.17, 15) is 18.0 Å². The molecule has 33 heavy (non-hydrogen) atoms. The summed E-state index contributed by atoms with van der Waals surface area (Å²) in [5.74, 6) is -3.14. The van der Waals surface area contributed by atoms with Crippen molar-refractivity contribution in [1.82, 2.24) is 5.32 Å². The van der Waals surface area contributed by atoms with E-state index < -0.39 is 12.1 Å². The highest BCUT2D eigenvalue weighted by molar-refractivity contribution is 5.94. The molecular weight excluding hydrogens is 433 g/mol. The molecule has 1 fully saturated rings. The van der Waals surface area contributed by atoms with Crippen molar-refractivity contribution in [1.29, 1.82) is 0 Å². The fraction of sp³-hybridized carbons (Fsp3) is 0.440. The second-order valence-corrected chi connectivity index (χ2v) is 9.21. The molecule has 8 heteroatoms. The summed E-state index contributed by atoms with van der Waals surface area (Å²) < 4.78 is 31.7. The van der Waals surface area contributed by atoms with Crippen LogP contribution in [-0.4, -0.2) is 29.2 Å². The molecule has 0 aliphatic heterocycles. The van der Waals surface area contributed by atoms with Crippen LogP contribution in [0.2, 0.25) is 0 Å². The van der Waals surface area contributed by atoms with Crippen molar-refractivity contribution in [2.24, 2.45) is 11.1 Å². The molecule has 180 valence electrons. The summed E-state index contributed by atoms with van der Waals surface area (Å²) in [6.45, 7) is 7.71. The number of carboxylic acid groups (broad SMARTS) is 1. The minimum Gasteiger partial charge on any atom is -0.475 e. The van der Waals surface area contributed by atoms with Gasteiger partial charge in [0.25, 0.3) is 0 Å². The van der Waals surface area contributed by atoms with E-state index in [0.717, 1.165) is 23.2 Å². The molecule has 1 aliphatic carbocycles. The molecule has 4 N–H and O–H groups in total. The molecule has 0 unspecified atom stereocenters. The van der Waals surface area contributed by atoms with Crippen molar-refractivity contribution in [2.75, 3.05) is 0 Å². The van der Waals surface area contributed by atoms with Gasteiger partial charge in [-0.15, -0.1) is 0 Å². The van der Waals surface area contributed by atoms with Crippen molar-refractivity contribution in [3.63, 3.8) is 0 Å². The number of rotatable bonds is 5. The third-order valence-corrected chi connectivity index (χ3v) is 5.96. The monoisotopic (exact) mass is 464 g/mol. The van der Waals surface area contributed by atoms with Crippen LogP contribution in [0.1, 0.15) is 61.0 Å². The molecule has 2 aromatic carbocycles. The fourth-order valence-electron chi connectivity index (χ4n) is 3.75. The van der Waals surface area contributed by atoms with Gasteiger partial charge >= 0.3 is 12.1 Å². The largest absolute Gasteiger partial charge is 0.490 e. The molecule has 0 heterocycles. The van der Waals surface area contributed by atoms with Crippen LogP contribution < -0.4 is 11.1 Å². The molecule has 0 aromatic heterocycles. The Morgan fingerprint density at radius 3 is 2.12 bits per heavy atom. The number of aliphatic carboxylic acids is 1. The van der Waals surface area contributed by atoms with Gasteiger partial charge in [-0.3, -0.25) is 4.79 Å². The predicted molar refractivity (Wildman–Crippen MR) is 122 cm³/mol. The van der Waals surface area contributed by atoms with Gasteiger partial charge in [-0.25, -0.2) is 4.79 Å². The maximum absolute atomic E-state index is 11.4. The van der Waals surface area contributed by atoms with E-state index >= 15 is 0 Å². The molecular formula is C25H31F3N2O3. The smallest absolute Gasteiger partial charge is 0.475 e. The Balaban J connectivity index is 0.000000479. The number of hydrogen-bond donors (Lipinski definition) is 3. The van der Waals surface area contributed by atoms with Crippen LogP contribution in [0.25, 0.3) is 11.1 Å². The van der Waals surface area contributed by atoms with Gasteiger partial charge in [0.2, 0.25) is 5.91 Å². The maximum atomic E-state index is 11.4. The van der Waals surface area contributed by atoms with Gasteiger partial charge in [-0.1, -0.05) is 44.2 Å². The third-order valence-electron chi connectivity index (χ3n) is 5.96. The Labute approximate surface area is 192 Å². The minimum atomic E-state index is -5.08. The SMILES string of the molecule is Cc1ccc(C(N)=O)cc1-c1ccc(CNC2CCC(C)(C)CC2)cc1.O=C(O)C(F)(F)F. The molecule has 1 aliphatic rings. The number of nitrogens with one attached hydrogen (secondary N) is 1. The zero-order chi connectivity index (χ0) is 24.8. The standard InChI is InChI=1S/C23H30N2O.C2HF3O2/c1-16-4-7-19(22(24)26)14-21(16)18-8-5-17(6-9-18)15-25-20-10-12-23(2,3)13-11-20;3-2(4,5)1(6)7/h4-9,14,20,25H,10-13,15H2,1-3H3,(H2,24,26);(H,6,7). The molecule has 0 spiro atoms. The van der Waals surface area contributed by atoms with E-state index in [2.05, 4.69) is 50.4 Å². The number of benzene rings is 2. The highest BCUT2D eigenvalue weighted by Gasteiger charge is 2.38. The molecule has 0 bridgehead atoms. The van der Waals surface area contributed by atoms with Crippen molar-refractivity contribution in [3.8, 4) is 11.1 Å². The molecule has 2 aromatic rings. The van der Waals surface area contributed by atoms with E-state index in [0.29, 0.717) is 17.0 Å². The molecule has 0 saturated heterocycles. The minimum absolute atomic E-state index is 0.386. The first-order chi connectivity index (χ1) is 15.3. The second kappa shape index (κ2) is 10.8. The average Bonchev–Trinajstić information content (AvgIpc) is 2.73. The number of carboxylic acids is 1. The summed E-state index contributed by atoms with van der Waals surface area (Å²) in [6, 6.07) is 14.9. The number of carbonyl (C=O) groups is 2. The van der Waals surface area contributed by atoms with Gasteiger partial charge in [0, 0.05) is 18.2 Å². The molecule has 0 radical (unpaired) electrons. The van der Waals surface area contributed by atoms with Gasteiger partial charge in [-0.05, 0) is 72.4 Å². The maximum Gasteiger partial charge on any atom is 0.490 e. The average molecular weight is 465 g/mol. The highest BCUT2D eigenvalue weighted by atomic mass is 19.4. The van der Waals surface area contributed by atoms with E-state index in [1.165, 1.54) is 31.2 Å². The van der Waals surface area contributed by atoms with Crippen LogP contribution in [0, 0.1) is 12.3 Å². The summed E-state index contributed by atoms with van der Waals surface area (Å²) in [5, 5.41) is 10.8. The summed E-state index contributed by atoms with van der Waals surface area (Å²) in [5.41, 5.74) is 11.1. The number of hydrogen-bond acceptors (Lipinski definition) is 3. The number of amides is 1. The van der Waals surface area contributed by atoms with E-state index in [-0.39, 0.29) is 5.91 Å². The van der Waals surface area contributed by atoms with Crippen LogP contribution in [0.15, 0.2) is 42.5 Å². The van der Waals surface area contributed by atoms with E-state index in [1.807, 2.05) is 12.1 Å². The van der Waals surface area contributed by atoms with Crippen molar-refractivity contribution in [2.45, 2.75) is 65.2 Å². The second-order valence-electron chi connectivity index (χ2n) is 9.21. The molecule has 1 amide bonds. The van der Waals surface area contributed by atoms with Crippen LogP contribution >= 0.6 is 0 Å². The van der Waals surface area contributed by atoms with E-state index in [4.69, 9.17) is 15.6 Å². The van der Waals surface area contributed by atoms with Crippen LogP contribution in [0.3, 0.4) is 0 Å². The summed E-state index contributed by atoms with van der Waals surface area (Å²) >= 11 is 0. The normalized spacial score (nSPS) is 15.9. The lowest BCUT2D eigenvalue weighted by molar-refractivity contribution is -0.192. The molecule has 3 rings (SSSR count). The van der Waals surface area contributed by atoms with Crippen molar-refractivity contribution < 1.29 is 27.9 Å². The van der Waals surface area contributed by atoms with Gasteiger partial charge in [0.1, 0.15) is 0 Å². The third kappa shape index (κ3) is 8.20. The summed E-state index contributed by atoms with van der Waals surface area (Å²) in [6.07, 6.45) is 0.0620. The first-order valence-corrected chi connectivity index (χ1v) is 10.8. The summed E-state index contributed by atoms with van der Waals surface area (Å²) in [7, 11) is 0. The van der Waals surface area contributed by atoms with Gasteiger partial charge in [0.05, 0.1) is 0 Å². The van der Waals surface area contributed by atoms with Crippen LogP contribution in [-0.2, 0) is 11.3 Å². The lowest BCUT2D eigenvalue weighted by atomic mass is 9.75. The van der Waals surface area contributed by atoms with Crippen LogP contribution in [0.5, 0.6) is 0 Å². The van der Waals surface area contributed by atoms with E-state index in [1.54, 1.807) is 6.07 Å². The number of alkyl halides is 3. The quantitative estimate of drug-likeness (QED) is 0.548. The van der Waals surface area contributed by atoms with Crippen molar-refractivity contribution >= 4 is 11.9 Å². The molecule has 5 nitrogen and oxygen atoms in total. The Bertz CT molecular complexity index is 960. The zero-order valence-electron chi connectivity index (χ0n) is 19.1. The Kier molecular flexibility index (Phi) is 8.66. The lowest BCUT2D eigenvalue weighted by Crippen LogP contribution is -2.35. The summed E-state index contributed by atoms with van der Waals surface area (Å²) in [4.78, 5) is 20.3. The Hall–Kier alpha value is -2.87. The van der Waals surface area contributed by atoms with Gasteiger partial charge in [0.15, 0.2) is 0 Å². The predicted octanol–water partition coefficient (Wildman–Crippen LogP) is 5.45. The Morgan fingerprint density at radius 1 is 1.09 bits per heavy atom. The fourth-order valence-corrected chi connectivity index (χ4v) is 3.75. The molecule has 1 saturated carbocycles. The number of primary amides is 1. The molecule has 0 atom stereocenters. The topological polar surface area (TPSA) is 92.4 Å². The first kappa shape index (κ1) is 26.4. The lowest BCUT2D eigenvalue weighted by Gasteiger charge is -2.34. The number of nitrogens with two attached hydrogens (primary N) is 1. The van der Waals surface area contributed by atoms with Gasteiger partial charge < -0.3 is 16.2 Å². The van der Waals surface area contributed by atoms with Gasteiger partial charge in [-0.2, -0.15) is 13.2 Å². The number of aryl methyl sites for hydroxylation is 1. The van der Waals surface area contributed by atoms with Crippen LogP contribution in [0.4, 0.5) is 13.2 Å². The van der Waals surface area contributed by atoms with Crippen molar-refractivity contribution in [3.05, 3.63) is 59.2 Å². The number of halogens is 3. The zero-order valence-corrected chi connectivity index (χ0v) is 19.1. The first-order valence-electron chi connectivity index (χ1n) is 10.8. The Morgan fingerprint density at radius 2 is 1.64 bits per heavy atom. The number of carbonyl (C=O) groups excluding carboxylic acids is 1. The highest BCUT2D eigenvalue weighted by Crippen LogP contribution is 2.35.